The summed E-state index contributed by atoms with van der Waals surface area (Å²) in [5.41, 5.74) is 1.22. The van der Waals surface area contributed by atoms with E-state index in [4.69, 9.17) is 4.74 Å². The van der Waals surface area contributed by atoms with Crippen LogP contribution in [0, 0.1) is 0 Å². The highest BCUT2D eigenvalue weighted by atomic mass is 16.5. The molecule has 0 radical (unpaired) electrons. The second-order valence-electron chi connectivity index (χ2n) is 6.73. The highest BCUT2D eigenvalue weighted by Crippen LogP contribution is 2.15. The highest BCUT2D eigenvalue weighted by molar-refractivity contribution is 5.94. The van der Waals surface area contributed by atoms with Gasteiger partial charge < -0.3 is 20.7 Å². The van der Waals surface area contributed by atoms with Gasteiger partial charge in [-0.3, -0.25) is 24.1 Å². The molecule has 1 saturated heterocycles. The normalized spacial score (nSPS) is 16.6. The molecule has 1 aromatic carbocycles. The van der Waals surface area contributed by atoms with Crippen LogP contribution in [0.15, 0.2) is 24.3 Å². The Balaban J connectivity index is 1.92. The van der Waals surface area contributed by atoms with Gasteiger partial charge in [0, 0.05) is 30.9 Å². The number of nitrogens with one attached hydrogen (secondary N) is 3. The number of nitrogens with zero attached hydrogens (tertiary/aromatic N) is 1. The summed E-state index contributed by atoms with van der Waals surface area (Å²) in [5, 5.41) is 8.22. The molecule has 3 amide bonds. The molecule has 1 aliphatic heterocycles. The van der Waals surface area contributed by atoms with Crippen LogP contribution >= 0.6 is 0 Å². The summed E-state index contributed by atoms with van der Waals surface area (Å²) in [5.74, 6) is -1.12. The lowest BCUT2D eigenvalue weighted by atomic mass is 10.1. The van der Waals surface area contributed by atoms with Gasteiger partial charge in [-0.2, -0.15) is 0 Å². The topological polar surface area (TPSA) is 117 Å². The minimum Gasteiger partial charge on any atom is -0.466 e. The zero-order valence-corrected chi connectivity index (χ0v) is 16.8. The van der Waals surface area contributed by atoms with Gasteiger partial charge in [0.15, 0.2) is 0 Å². The minimum atomic E-state index is -0.731. The number of ether oxygens (including phenoxy) is 1. The van der Waals surface area contributed by atoms with E-state index in [0.29, 0.717) is 43.9 Å². The molecule has 1 aliphatic rings. The standard InChI is InChI=1S/C20H28N4O5/c1-3-11-29-19(27)12-16-20(28)21-9-10-24(16)13-18(26)23-15-7-5-14(6-8-15)22-17(25)4-2/h5-8,16H,3-4,9-13H2,1-2H3,(H,21,28)(H,22,25)(H,23,26). The summed E-state index contributed by atoms with van der Waals surface area (Å²) in [6.07, 6.45) is 0.996. The number of benzene rings is 1. The first-order chi connectivity index (χ1) is 13.9. The molecule has 3 N–H and O–H groups in total. The lowest BCUT2D eigenvalue weighted by Gasteiger charge is -2.33. The summed E-state index contributed by atoms with van der Waals surface area (Å²) in [7, 11) is 0. The number of anilines is 2. The molecule has 0 aromatic heterocycles. The fourth-order valence-corrected chi connectivity index (χ4v) is 2.88. The third-order valence-corrected chi connectivity index (χ3v) is 4.39. The number of amides is 3. The molecular formula is C20H28N4O5. The van der Waals surface area contributed by atoms with E-state index in [9.17, 15) is 19.2 Å². The van der Waals surface area contributed by atoms with Gasteiger partial charge in [0.05, 0.1) is 19.6 Å². The fraction of sp³-hybridized carbons (Fsp3) is 0.500. The van der Waals surface area contributed by atoms with Gasteiger partial charge in [-0.25, -0.2) is 0 Å². The SMILES string of the molecule is CCCOC(=O)CC1C(=O)NCCN1CC(=O)Nc1ccc(NC(=O)CC)cc1. The molecule has 1 aromatic rings. The molecule has 1 unspecified atom stereocenters. The van der Waals surface area contributed by atoms with Crippen LogP contribution in [0.4, 0.5) is 11.4 Å². The van der Waals surface area contributed by atoms with Crippen LogP contribution in [0.3, 0.4) is 0 Å². The van der Waals surface area contributed by atoms with Crippen molar-refractivity contribution in [3.8, 4) is 0 Å². The Labute approximate surface area is 170 Å². The summed E-state index contributed by atoms with van der Waals surface area (Å²) in [6, 6.07) is 6.04. The summed E-state index contributed by atoms with van der Waals surface area (Å²) < 4.78 is 5.06. The van der Waals surface area contributed by atoms with Crippen LogP contribution in [-0.2, 0) is 23.9 Å². The molecule has 0 bridgehead atoms. The second-order valence-corrected chi connectivity index (χ2v) is 6.73. The molecule has 2 rings (SSSR count). The average molecular weight is 404 g/mol. The van der Waals surface area contributed by atoms with Crippen LogP contribution in [-0.4, -0.2) is 60.9 Å². The molecule has 0 aliphatic carbocycles. The predicted molar refractivity (Wildman–Crippen MR) is 108 cm³/mol. The van der Waals surface area contributed by atoms with E-state index < -0.39 is 12.0 Å². The van der Waals surface area contributed by atoms with Crippen LogP contribution in [0.5, 0.6) is 0 Å². The van der Waals surface area contributed by atoms with Crippen molar-refractivity contribution >= 4 is 35.1 Å². The molecule has 0 spiro atoms. The Hall–Kier alpha value is -2.94. The Kier molecular flexibility index (Phi) is 8.60. The van der Waals surface area contributed by atoms with E-state index in [1.807, 2.05) is 6.92 Å². The van der Waals surface area contributed by atoms with E-state index in [0.717, 1.165) is 0 Å². The zero-order valence-electron chi connectivity index (χ0n) is 16.8. The van der Waals surface area contributed by atoms with E-state index in [1.165, 1.54) is 0 Å². The lowest BCUT2D eigenvalue weighted by molar-refractivity contribution is -0.148. The maximum Gasteiger partial charge on any atom is 0.307 e. The number of carbonyl (C=O) groups is 4. The number of piperazine rings is 1. The molecular weight excluding hydrogens is 376 g/mol. The highest BCUT2D eigenvalue weighted by Gasteiger charge is 2.33. The van der Waals surface area contributed by atoms with Crippen LogP contribution in [0.2, 0.25) is 0 Å². The van der Waals surface area contributed by atoms with Crippen molar-refractivity contribution in [1.82, 2.24) is 10.2 Å². The van der Waals surface area contributed by atoms with E-state index >= 15 is 0 Å². The van der Waals surface area contributed by atoms with Gasteiger partial charge in [-0.15, -0.1) is 0 Å². The van der Waals surface area contributed by atoms with Gasteiger partial charge in [-0.05, 0) is 30.7 Å². The molecule has 158 valence electrons. The molecule has 9 nitrogen and oxygen atoms in total. The van der Waals surface area contributed by atoms with Crippen LogP contribution in [0.25, 0.3) is 0 Å². The minimum absolute atomic E-state index is 0.0204. The summed E-state index contributed by atoms with van der Waals surface area (Å²) in [6.45, 7) is 4.82. The average Bonchev–Trinajstić information content (AvgIpc) is 2.70. The number of esters is 1. The first-order valence-corrected chi connectivity index (χ1v) is 9.80. The largest absolute Gasteiger partial charge is 0.466 e. The van der Waals surface area contributed by atoms with Gasteiger partial charge >= 0.3 is 5.97 Å². The number of carbonyl (C=O) groups excluding carboxylic acids is 4. The number of hydrogen-bond acceptors (Lipinski definition) is 6. The lowest BCUT2D eigenvalue weighted by Crippen LogP contribution is -2.57. The molecule has 9 heteroatoms. The Morgan fingerprint density at radius 2 is 1.72 bits per heavy atom. The van der Waals surface area contributed by atoms with Crippen molar-refractivity contribution in [2.75, 3.05) is 36.9 Å². The number of hydrogen-bond donors (Lipinski definition) is 3. The van der Waals surface area contributed by atoms with Gasteiger partial charge in [-0.1, -0.05) is 13.8 Å². The Morgan fingerprint density at radius 3 is 2.31 bits per heavy atom. The quantitative estimate of drug-likeness (QED) is 0.531. The van der Waals surface area contributed by atoms with Crippen molar-refractivity contribution in [3.63, 3.8) is 0 Å². The second kappa shape index (κ2) is 11.2. The predicted octanol–water partition coefficient (Wildman–Crippen LogP) is 1.12. The molecule has 1 fully saturated rings. The monoisotopic (exact) mass is 404 g/mol. The third kappa shape index (κ3) is 7.19. The summed E-state index contributed by atoms with van der Waals surface area (Å²) in [4.78, 5) is 49.6. The van der Waals surface area contributed by atoms with Crippen LogP contribution < -0.4 is 16.0 Å². The first-order valence-electron chi connectivity index (χ1n) is 9.80. The molecule has 1 atom stereocenters. The summed E-state index contributed by atoms with van der Waals surface area (Å²) >= 11 is 0. The fourth-order valence-electron chi connectivity index (χ4n) is 2.88. The Bertz CT molecular complexity index is 735. The maximum atomic E-state index is 12.4. The third-order valence-electron chi connectivity index (χ3n) is 4.39. The van der Waals surface area contributed by atoms with Crippen molar-refractivity contribution in [3.05, 3.63) is 24.3 Å². The van der Waals surface area contributed by atoms with Gasteiger partial charge in [0.2, 0.25) is 17.7 Å². The zero-order chi connectivity index (χ0) is 21.2. The molecule has 29 heavy (non-hydrogen) atoms. The van der Waals surface area contributed by atoms with E-state index in [2.05, 4.69) is 16.0 Å². The van der Waals surface area contributed by atoms with Crippen LogP contribution in [0.1, 0.15) is 33.1 Å². The van der Waals surface area contributed by atoms with Gasteiger partial charge in [0.25, 0.3) is 0 Å². The Morgan fingerprint density at radius 1 is 1.10 bits per heavy atom. The first kappa shape index (κ1) is 22.4. The van der Waals surface area contributed by atoms with Crippen molar-refractivity contribution < 1.29 is 23.9 Å². The van der Waals surface area contributed by atoms with Crippen molar-refractivity contribution in [2.24, 2.45) is 0 Å². The molecule has 0 saturated carbocycles. The number of rotatable bonds is 9. The van der Waals surface area contributed by atoms with Crippen molar-refractivity contribution in [2.45, 2.75) is 39.2 Å². The maximum absolute atomic E-state index is 12.4. The van der Waals surface area contributed by atoms with E-state index in [1.54, 1.807) is 36.1 Å². The van der Waals surface area contributed by atoms with E-state index in [-0.39, 0.29) is 30.7 Å². The molecule has 1 heterocycles. The van der Waals surface area contributed by atoms with Gasteiger partial charge in [0.1, 0.15) is 6.04 Å². The smallest absolute Gasteiger partial charge is 0.307 e. The van der Waals surface area contributed by atoms with Crippen molar-refractivity contribution in [1.29, 1.82) is 0 Å².